The van der Waals surface area contributed by atoms with E-state index in [-0.39, 0.29) is 11.5 Å². The average Bonchev–Trinajstić information content (AvgIpc) is 3.34. The molecule has 4 rings (SSSR count). The normalized spacial score (nSPS) is 13.2. The van der Waals surface area contributed by atoms with Gasteiger partial charge in [0.2, 0.25) is 5.91 Å². The summed E-state index contributed by atoms with van der Waals surface area (Å²) < 4.78 is 6.72. The van der Waals surface area contributed by atoms with Crippen molar-refractivity contribution in [3.63, 3.8) is 0 Å². The molecule has 0 saturated carbocycles. The maximum atomic E-state index is 13.1. The Hall–Kier alpha value is -2.13. The van der Waals surface area contributed by atoms with Gasteiger partial charge in [0.05, 0.1) is 5.39 Å². The first-order valence-electron chi connectivity index (χ1n) is 9.48. The SMILES string of the molecule is CCCn1c(SCCC(=O)Nc2cc(C)on2)nc2sc3c(c2c1=O)CCC3. The van der Waals surface area contributed by atoms with Gasteiger partial charge in [0, 0.05) is 29.7 Å². The molecule has 0 aliphatic heterocycles. The lowest BCUT2D eigenvalue weighted by Gasteiger charge is -2.11. The zero-order valence-corrected chi connectivity index (χ0v) is 17.5. The Morgan fingerprint density at radius 2 is 2.29 bits per heavy atom. The van der Waals surface area contributed by atoms with E-state index in [1.807, 2.05) is 0 Å². The first-order valence-corrected chi connectivity index (χ1v) is 11.3. The molecule has 1 N–H and O–H groups in total. The lowest BCUT2D eigenvalue weighted by atomic mass is 10.2. The Balaban J connectivity index is 1.50. The summed E-state index contributed by atoms with van der Waals surface area (Å²) >= 11 is 3.10. The summed E-state index contributed by atoms with van der Waals surface area (Å²) in [6.07, 6.45) is 4.32. The van der Waals surface area contributed by atoms with Gasteiger partial charge in [-0.1, -0.05) is 23.8 Å². The summed E-state index contributed by atoms with van der Waals surface area (Å²) in [5, 5.41) is 7.98. The van der Waals surface area contributed by atoms with Gasteiger partial charge in [0.15, 0.2) is 11.0 Å². The number of nitrogens with one attached hydrogen (secondary N) is 1. The van der Waals surface area contributed by atoms with Gasteiger partial charge in [-0.05, 0) is 38.2 Å². The number of rotatable bonds is 7. The Kier molecular flexibility index (Phi) is 5.54. The Labute approximate surface area is 170 Å². The van der Waals surface area contributed by atoms with Crippen LogP contribution in [0.1, 0.15) is 42.4 Å². The molecule has 0 bridgehead atoms. The minimum atomic E-state index is -0.138. The van der Waals surface area contributed by atoms with Gasteiger partial charge in [-0.3, -0.25) is 14.2 Å². The van der Waals surface area contributed by atoms with Gasteiger partial charge in [-0.15, -0.1) is 11.3 Å². The summed E-state index contributed by atoms with van der Waals surface area (Å²) in [6.45, 7) is 4.46. The number of aryl methyl sites for hydroxylation is 3. The predicted molar refractivity (Wildman–Crippen MR) is 111 cm³/mol. The van der Waals surface area contributed by atoms with E-state index in [0.29, 0.717) is 35.5 Å². The highest BCUT2D eigenvalue weighted by molar-refractivity contribution is 7.99. The fourth-order valence-corrected chi connectivity index (χ4v) is 5.72. The molecule has 9 heteroatoms. The number of thioether (sulfide) groups is 1. The number of hydrogen-bond donors (Lipinski definition) is 1. The van der Waals surface area contributed by atoms with Crippen LogP contribution in [0.25, 0.3) is 10.2 Å². The molecule has 1 aliphatic carbocycles. The summed E-state index contributed by atoms with van der Waals surface area (Å²) in [5.74, 6) is 1.47. The molecule has 0 radical (unpaired) electrons. The minimum absolute atomic E-state index is 0.0660. The minimum Gasteiger partial charge on any atom is -0.360 e. The molecule has 28 heavy (non-hydrogen) atoms. The van der Waals surface area contributed by atoms with Crippen LogP contribution in [-0.2, 0) is 24.2 Å². The van der Waals surface area contributed by atoms with Crippen LogP contribution in [0.2, 0.25) is 0 Å². The third kappa shape index (κ3) is 3.73. The van der Waals surface area contributed by atoms with Crippen molar-refractivity contribution in [1.82, 2.24) is 14.7 Å². The van der Waals surface area contributed by atoms with Crippen LogP contribution in [0.4, 0.5) is 5.82 Å². The van der Waals surface area contributed by atoms with Crippen molar-refractivity contribution < 1.29 is 9.32 Å². The second kappa shape index (κ2) is 8.08. The van der Waals surface area contributed by atoms with Crippen molar-refractivity contribution in [1.29, 1.82) is 0 Å². The first kappa shape index (κ1) is 19.2. The van der Waals surface area contributed by atoms with Crippen LogP contribution < -0.4 is 10.9 Å². The molecule has 3 aromatic heterocycles. The molecular formula is C19H22N4O3S2. The lowest BCUT2D eigenvalue weighted by molar-refractivity contribution is -0.115. The van der Waals surface area contributed by atoms with Crippen molar-refractivity contribution >= 4 is 45.0 Å². The topological polar surface area (TPSA) is 90.0 Å². The van der Waals surface area contributed by atoms with Crippen molar-refractivity contribution in [3.8, 4) is 0 Å². The molecule has 7 nitrogen and oxygen atoms in total. The summed E-state index contributed by atoms with van der Waals surface area (Å²) in [5.41, 5.74) is 1.28. The van der Waals surface area contributed by atoms with E-state index in [1.165, 1.54) is 22.2 Å². The Morgan fingerprint density at radius 3 is 3.04 bits per heavy atom. The molecule has 0 atom stereocenters. The molecule has 1 amide bonds. The number of thiophene rings is 1. The van der Waals surface area contributed by atoms with Crippen LogP contribution in [0.3, 0.4) is 0 Å². The number of anilines is 1. The number of amides is 1. The van der Waals surface area contributed by atoms with E-state index >= 15 is 0 Å². The molecule has 3 aromatic rings. The third-order valence-corrected chi connectivity index (χ3v) is 6.86. The van der Waals surface area contributed by atoms with E-state index in [4.69, 9.17) is 9.51 Å². The summed E-state index contributed by atoms with van der Waals surface area (Å²) in [6, 6.07) is 1.68. The van der Waals surface area contributed by atoms with Crippen LogP contribution in [-0.4, -0.2) is 26.4 Å². The molecule has 0 aromatic carbocycles. The fraction of sp³-hybridized carbons (Fsp3) is 0.474. The zero-order valence-electron chi connectivity index (χ0n) is 15.9. The Bertz CT molecular complexity index is 1080. The van der Waals surface area contributed by atoms with E-state index in [1.54, 1.807) is 28.9 Å². The third-order valence-electron chi connectivity index (χ3n) is 4.69. The van der Waals surface area contributed by atoms with E-state index in [2.05, 4.69) is 17.4 Å². The first-order chi connectivity index (χ1) is 13.6. The lowest BCUT2D eigenvalue weighted by Crippen LogP contribution is -2.23. The van der Waals surface area contributed by atoms with Crippen molar-refractivity contribution in [2.24, 2.45) is 0 Å². The second-order valence-corrected chi connectivity index (χ2v) is 9.00. The number of carbonyl (C=O) groups excluding carboxylic acids is 1. The number of hydrogen-bond acceptors (Lipinski definition) is 7. The van der Waals surface area contributed by atoms with Gasteiger partial charge in [0.25, 0.3) is 5.56 Å². The molecule has 0 saturated heterocycles. The smallest absolute Gasteiger partial charge is 0.263 e. The largest absolute Gasteiger partial charge is 0.360 e. The maximum absolute atomic E-state index is 13.1. The number of aromatic nitrogens is 3. The number of carbonyl (C=O) groups is 1. The second-order valence-electron chi connectivity index (χ2n) is 6.86. The maximum Gasteiger partial charge on any atom is 0.263 e. The summed E-state index contributed by atoms with van der Waals surface area (Å²) in [4.78, 5) is 32.2. The molecule has 0 unspecified atom stereocenters. The fourth-order valence-electron chi connectivity index (χ4n) is 3.45. The number of fused-ring (bicyclic) bond motifs is 3. The van der Waals surface area contributed by atoms with Crippen molar-refractivity contribution in [2.45, 2.75) is 57.7 Å². The van der Waals surface area contributed by atoms with Crippen LogP contribution in [0, 0.1) is 6.92 Å². The van der Waals surface area contributed by atoms with E-state index < -0.39 is 0 Å². The van der Waals surface area contributed by atoms with Crippen LogP contribution in [0.5, 0.6) is 0 Å². The quantitative estimate of drug-likeness (QED) is 0.464. The van der Waals surface area contributed by atoms with Crippen LogP contribution in [0.15, 0.2) is 20.5 Å². The highest BCUT2D eigenvalue weighted by Gasteiger charge is 2.23. The highest BCUT2D eigenvalue weighted by atomic mass is 32.2. The molecule has 1 aliphatic rings. The standard InChI is InChI=1S/C19H22N4O3S2/c1-3-8-23-18(25)16-12-5-4-6-13(12)28-17(16)21-19(23)27-9-7-15(24)20-14-10-11(2)26-22-14/h10H,3-9H2,1-2H3,(H,20,22,24). The molecule has 0 fully saturated rings. The van der Waals surface area contributed by atoms with Gasteiger partial charge < -0.3 is 9.84 Å². The highest BCUT2D eigenvalue weighted by Crippen LogP contribution is 2.35. The van der Waals surface area contributed by atoms with Crippen molar-refractivity contribution in [3.05, 3.63) is 32.6 Å². The molecular weight excluding hydrogens is 396 g/mol. The average molecular weight is 419 g/mol. The van der Waals surface area contributed by atoms with Gasteiger partial charge in [0.1, 0.15) is 10.6 Å². The summed E-state index contributed by atoms with van der Waals surface area (Å²) in [7, 11) is 0. The van der Waals surface area contributed by atoms with Crippen molar-refractivity contribution in [2.75, 3.05) is 11.1 Å². The zero-order chi connectivity index (χ0) is 19.7. The predicted octanol–water partition coefficient (Wildman–Crippen LogP) is 3.77. The van der Waals surface area contributed by atoms with Gasteiger partial charge in [-0.2, -0.15) is 0 Å². The molecule has 148 valence electrons. The number of nitrogens with zero attached hydrogens (tertiary/aromatic N) is 3. The van der Waals surface area contributed by atoms with Gasteiger partial charge >= 0.3 is 0 Å². The monoisotopic (exact) mass is 418 g/mol. The van der Waals surface area contributed by atoms with Gasteiger partial charge in [-0.25, -0.2) is 4.98 Å². The van der Waals surface area contributed by atoms with E-state index in [9.17, 15) is 9.59 Å². The molecule has 0 spiro atoms. The van der Waals surface area contributed by atoms with Crippen LogP contribution >= 0.6 is 23.1 Å². The Morgan fingerprint density at radius 1 is 1.43 bits per heavy atom. The van der Waals surface area contributed by atoms with E-state index in [0.717, 1.165) is 35.9 Å². The molecule has 3 heterocycles.